The number of halogens is 1. The van der Waals surface area contributed by atoms with Gasteiger partial charge in [-0.15, -0.1) is 0 Å². The molecule has 1 rings (SSSR count). The van der Waals surface area contributed by atoms with Crippen molar-refractivity contribution in [2.75, 3.05) is 0 Å². The number of rotatable bonds is 2. The number of hydrogen-bond acceptors (Lipinski definition) is 2. The Morgan fingerprint density at radius 1 is 1.31 bits per heavy atom. The van der Waals surface area contributed by atoms with Gasteiger partial charge in [0.1, 0.15) is 5.82 Å². The van der Waals surface area contributed by atoms with E-state index in [4.69, 9.17) is 5.14 Å². The third kappa shape index (κ3) is 3.57. The number of sulfonamides is 1. The molecule has 0 unspecified atom stereocenters. The molecule has 0 radical (unpaired) electrons. The second kappa shape index (κ2) is 4.14. The van der Waals surface area contributed by atoms with Crippen LogP contribution in [0.4, 0.5) is 4.39 Å². The molecule has 0 fully saturated rings. The normalized spacial score (nSPS) is 12.8. The largest absolute Gasteiger partial charge is 0.238 e. The van der Waals surface area contributed by atoms with Crippen molar-refractivity contribution in [2.45, 2.75) is 32.1 Å². The first-order valence-electron chi connectivity index (χ1n) is 4.91. The van der Waals surface area contributed by atoms with Gasteiger partial charge < -0.3 is 0 Å². The van der Waals surface area contributed by atoms with Gasteiger partial charge in [-0.1, -0.05) is 26.8 Å². The monoisotopic (exact) mass is 245 g/mol. The van der Waals surface area contributed by atoms with E-state index in [-0.39, 0.29) is 10.3 Å². The van der Waals surface area contributed by atoms with Crippen LogP contribution in [0.2, 0.25) is 0 Å². The zero-order valence-electron chi connectivity index (χ0n) is 9.62. The van der Waals surface area contributed by atoms with E-state index in [0.29, 0.717) is 12.0 Å². The Bertz CT molecular complexity index is 489. The van der Waals surface area contributed by atoms with Gasteiger partial charge in [-0.05, 0) is 29.5 Å². The van der Waals surface area contributed by atoms with Crippen LogP contribution >= 0.6 is 0 Å². The topological polar surface area (TPSA) is 60.2 Å². The van der Waals surface area contributed by atoms with E-state index in [1.807, 2.05) is 20.8 Å². The molecule has 2 N–H and O–H groups in total. The summed E-state index contributed by atoms with van der Waals surface area (Å²) in [6.07, 6.45) is 0.545. The van der Waals surface area contributed by atoms with Gasteiger partial charge in [-0.25, -0.2) is 17.9 Å². The minimum absolute atomic E-state index is 0.0516. The van der Waals surface area contributed by atoms with Gasteiger partial charge in [0.05, 0.1) is 4.90 Å². The lowest BCUT2D eigenvalue weighted by atomic mass is 9.88. The molecular formula is C11H16FNO2S. The van der Waals surface area contributed by atoms with Gasteiger partial charge in [0.2, 0.25) is 10.0 Å². The van der Waals surface area contributed by atoms with Crippen LogP contribution in [0.1, 0.15) is 26.3 Å². The van der Waals surface area contributed by atoms with Crippen molar-refractivity contribution in [3.05, 3.63) is 29.6 Å². The van der Waals surface area contributed by atoms with Crippen molar-refractivity contribution < 1.29 is 12.8 Å². The average molecular weight is 245 g/mol. The van der Waals surface area contributed by atoms with Crippen LogP contribution in [-0.2, 0) is 16.4 Å². The third-order valence-electron chi connectivity index (χ3n) is 2.07. The van der Waals surface area contributed by atoms with Crippen LogP contribution in [0.15, 0.2) is 23.1 Å². The van der Waals surface area contributed by atoms with Gasteiger partial charge in [0.15, 0.2) is 0 Å². The first-order valence-corrected chi connectivity index (χ1v) is 6.45. The highest BCUT2D eigenvalue weighted by atomic mass is 32.2. The highest BCUT2D eigenvalue weighted by Gasteiger charge is 2.16. The standard InChI is InChI=1S/C11H16FNO2S/c1-11(2,3)7-8-4-5-9(6-10(8)12)16(13,14)15/h4-6H,7H2,1-3H3,(H2,13,14,15). The fraction of sp³-hybridized carbons (Fsp3) is 0.455. The molecule has 0 aliphatic carbocycles. The fourth-order valence-electron chi connectivity index (χ4n) is 1.42. The second-order valence-corrected chi connectivity index (χ2v) is 6.60. The van der Waals surface area contributed by atoms with Crippen molar-refractivity contribution in [3.63, 3.8) is 0 Å². The summed E-state index contributed by atoms with van der Waals surface area (Å²) in [5.74, 6) is -0.526. The maximum Gasteiger partial charge on any atom is 0.238 e. The summed E-state index contributed by atoms with van der Waals surface area (Å²) in [6.45, 7) is 5.96. The van der Waals surface area contributed by atoms with E-state index in [9.17, 15) is 12.8 Å². The molecule has 0 heterocycles. The van der Waals surface area contributed by atoms with Gasteiger partial charge in [-0.3, -0.25) is 0 Å². The Labute approximate surface area is 95.5 Å². The molecule has 5 heteroatoms. The molecule has 1 aromatic carbocycles. The smallest absolute Gasteiger partial charge is 0.225 e. The van der Waals surface area contributed by atoms with Crippen LogP contribution in [0, 0.1) is 11.2 Å². The molecule has 0 bridgehead atoms. The lowest BCUT2D eigenvalue weighted by molar-refractivity contribution is 0.402. The summed E-state index contributed by atoms with van der Waals surface area (Å²) in [5, 5.41) is 4.91. The molecule has 0 saturated carbocycles. The van der Waals surface area contributed by atoms with Crippen molar-refractivity contribution in [3.8, 4) is 0 Å². The quantitative estimate of drug-likeness (QED) is 0.867. The lowest BCUT2D eigenvalue weighted by Crippen LogP contribution is -2.14. The summed E-state index contributed by atoms with van der Waals surface area (Å²) in [7, 11) is -3.83. The second-order valence-electron chi connectivity index (χ2n) is 5.04. The highest BCUT2D eigenvalue weighted by molar-refractivity contribution is 7.89. The molecule has 3 nitrogen and oxygen atoms in total. The van der Waals surface area contributed by atoms with Gasteiger partial charge in [-0.2, -0.15) is 0 Å². The predicted molar refractivity (Wildman–Crippen MR) is 60.9 cm³/mol. The number of primary sulfonamides is 1. The minimum Gasteiger partial charge on any atom is -0.225 e. The Balaban J connectivity index is 3.11. The van der Waals surface area contributed by atoms with Gasteiger partial charge in [0, 0.05) is 0 Å². The molecule has 0 aromatic heterocycles. The predicted octanol–water partition coefficient (Wildman–Crippen LogP) is 2.06. The first-order chi connectivity index (χ1) is 7.09. The van der Waals surface area contributed by atoms with Crippen molar-refractivity contribution >= 4 is 10.0 Å². The summed E-state index contributed by atoms with van der Waals surface area (Å²) in [5.41, 5.74) is 0.448. The van der Waals surface area contributed by atoms with E-state index in [2.05, 4.69) is 0 Å². The number of nitrogens with two attached hydrogens (primary N) is 1. The average Bonchev–Trinajstić information content (AvgIpc) is 2.04. The van der Waals surface area contributed by atoms with Crippen LogP contribution in [-0.4, -0.2) is 8.42 Å². The van der Waals surface area contributed by atoms with Crippen LogP contribution in [0.25, 0.3) is 0 Å². The summed E-state index contributed by atoms with van der Waals surface area (Å²) < 4.78 is 35.6. The Kier molecular flexibility index (Phi) is 3.40. The van der Waals surface area contributed by atoms with Gasteiger partial charge in [0.25, 0.3) is 0 Å². The number of hydrogen-bond donors (Lipinski definition) is 1. The van der Waals surface area contributed by atoms with Crippen LogP contribution in [0.5, 0.6) is 0 Å². The Hall–Kier alpha value is -0.940. The molecular weight excluding hydrogens is 229 g/mol. The molecule has 0 saturated heterocycles. The van der Waals surface area contributed by atoms with E-state index in [1.165, 1.54) is 12.1 Å². The lowest BCUT2D eigenvalue weighted by Gasteiger charge is -2.18. The number of benzene rings is 1. The molecule has 0 aliphatic heterocycles. The molecule has 0 atom stereocenters. The third-order valence-corrected chi connectivity index (χ3v) is 2.98. The highest BCUT2D eigenvalue weighted by Crippen LogP contribution is 2.23. The van der Waals surface area contributed by atoms with Crippen molar-refractivity contribution in [1.29, 1.82) is 0 Å². The maximum atomic E-state index is 13.6. The summed E-state index contributed by atoms with van der Waals surface area (Å²) in [4.78, 5) is -0.192. The SMILES string of the molecule is CC(C)(C)Cc1ccc(S(N)(=O)=O)cc1F. The zero-order valence-corrected chi connectivity index (χ0v) is 10.4. The molecule has 1 aromatic rings. The molecule has 0 aliphatic rings. The van der Waals surface area contributed by atoms with E-state index < -0.39 is 15.8 Å². The van der Waals surface area contributed by atoms with E-state index in [1.54, 1.807) is 0 Å². The van der Waals surface area contributed by atoms with Crippen molar-refractivity contribution in [2.24, 2.45) is 10.6 Å². The first kappa shape index (κ1) is 13.1. The van der Waals surface area contributed by atoms with Crippen LogP contribution < -0.4 is 5.14 Å². The Morgan fingerprint density at radius 3 is 2.25 bits per heavy atom. The zero-order chi connectivity index (χ0) is 12.6. The molecule has 0 amide bonds. The molecule has 90 valence electrons. The molecule has 0 spiro atoms. The summed E-state index contributed by atoms with van der Waals surface area (Å²) in [6, 6.07) is 3.77. The minimum atomic E-state index is -3.83. The van der Waals surface area contributed by atoms with Crippen molar-refractivity contribution in [1.82, 2.24) is 0 Å². The fourth-order valence-corrected chi connectivity index (χ4v) is 1.95. The Morgan fingerprint density at radius 2 is 1.88 bits per heavy atom. The molecule has 16 heavy (non-hydrogen) atoms. The van der Waals surface area contributed by atoms with E-state index in [0.717, 1.165) is 6.07 Å². The van der Waals surface area contributed by atoms with Gasteiger partial charge >= 0.3 is 0 Å². The van der Waals surface area contributed by atoms with E-state index >= 15 is 0 Å². The maximum absolute atomic E-state index is 13.6. The van der Waals surface area contributed by atoms with Crippen LogP contribution in [0.3, 0.4) is 0 Å². The summed E-state index contributed by atoms with van der Waals surface area (Å²) >= 11 is 0.